The fourth-order valence-electron chi connectivity index (χ4n) is 2.81. The minimum atomic E-state index is 0.0661. The van der Waals surface area contributed by atoms with Crippen LogP contribution in [-0.4, -0.2) is 15.9 Å². The molecule has 0 unspecified atom stereocenters. The Balaban J connectivity index is 1.53. The van der Waals surface area contributed by atoms with Gasteiger partial charge >= 0.3 is 0 Å². The Hall–Kier alpha value is -2.14. The molecule has 1 aromatic heterocycles. The molecule has 0 saturated carbocycles. The van der Waals surface area contributed by atoms with Crippen molar-refractivity contribution in [1.82, 2.24) is 15.3 Å². The average Bonchev–Trinajstić information content (AvgIpc) is 3.00. The number of nitrogens with one attached hydrogen (secondary N) is 2. The Morgan fingerprint density at radius 3 is 2.84 bits per heavy atom. The molecule has 0 radical (unpaired) electrons. The normalized spacial score (nSPS) is 11.0. The van der Waals surface area contributed by atoms with E-state index in [1.54, 1.807) is 0 Å². The number of H-pyrrole nitrogens is 1. The molecule has 1 heterocycles. The van der Waals surface area contributed by atoms with E-state index in [0.717, 1.165) is 51.7 Å². The zero-order valence-electron chi connectivity index (χ0n) is 14.3. The number of aromatic nitrogens is 2. The molecule has 0 aliphatic heterocycles. The van der Waals surface area contributed by atoms with Crippen LogP contribution in [0.15, 0.2) is 46.9 Å². The van der Waals surface area contributed by atoms with Crippen LogP contribution in [0.1, 0.15) is 36.7 Å². The van der Waals surface area contributed by atoms with Crippen molar-refractivity contribution < 1.29 is 4.79 Å². The number of aryl methyl sites for hydroxylation is 2. The van der Waals surface area contributed by atoms with Crippen LogP contribution in [0.2, 0.25) is 0 Å². The summed E-state index contributed by atoms with van der Waals surface area (Å²) >= 11 is 3.44. The molecule has 0 fully saturated rings. The van der Waals surface area contributed by atoms with Gasteiger partial charge in [0.1, 0.15) is 5.82 Å². The summed E-state index contributed by atoms with van der Waals surface area (Å²) in [5.41, 5.74) is 4.28. The zero-order valence-corrected chi connectivity index (χ0v) is 15.9. The van der Waals surface area contributed by atoms with Crippen molar-refractivity contribution in [3.63, 3.8) is 0 Å². The number of rotatable bonds is 7. The summed E-state index contributed by atoms with van der Waals surface area (Å²) < 4.78 is 1.02. The molecule has 0 spiro atoms. The van der Waals surface area contributed by atoms with E-state index in [0.29, 0.717) is 13.0 Å². The first kappa shape index (κ1) is 17.7. The van der Waals surface area contributed by atoms with Gasteiger partial charge in [0.25, 0.3) is 0 Å². The van der Waals surface area contributed by atoms with Crippen molar-refractivity contribution in [2.75, 3.05) is 0 Å². The molecule has 3 rings (SSSR count). The molecule has 0 saturated heterocycles. The summed E-state index contributed by atoms with van der Waals surface area (Å²) in [6, 6.07) is 14.1. The Kier molecular flexibility index (Phi) is 5.87. The van der Waals surface area contributed by atoms with Gasteiger partial charge in [-0.3, -0.25) is 4.79 Å². The first-order chi connectivity index (χ1) is 12.1. The number of carbonyl (C=O) groups is 1. The molecule has 1 amide bonds. The average molecular weight is 400 g/mol. The molecule has 0 aliphatic rings. The fourth-order valence-corrected chi connectivity index (χ4v) is 3.26. The summed E-state index contributed by atoms with van der Waals surface area (Å²) in [5, 5.41) is 2.97. The van der Waals surface area contributed by atoms with E-state index < -0.39 is 0 Å². The van der Waals surface area contributed by atoms with Crippen LogP contribution in [0.25, 0.3) is 11.0 Å². The van der Waals surface area contributed by atoms with Crippen LogP contribution >= 0.6 is 15.9 Å². The van der Waals surface area contributed by atoms with Crippen molar-refractivity contribution in [1.29, 1.82) is 0 Å². The van der Waals surface area contributed by atoms with Gasteiger partial charge in [0.05, 0.1) is 11.0 Å². The lowest BCUT2D eigenvalue weighted by Gasteiger charge is -2.06. The van der Waals surface area contributed by atoms with Crippen LogP contribution in [-0.2, 0) is 24.2 Å². The zero-order chi connectivity index (χ0) is 17.6. The summed E-state index contributed by atoms with van der Waals surface area (Å²) in [5.74, 6) is 1.10. The van der Waals surface area contributed by atoms with Crippen molar-refractivity contribution in [2.45, 2.75) is 39.2 Å². The molecule has 2 aromatic carbocycles. The van der Waals surface area contributed by atoms with Crippen molar-refractivity contribution in [3.8, 4) is 0 Å². The maximum Gasteiger partial charge on any atom is 0.220 e. The minimum absolute atomic E-state index is 0.0661. The lowest BCUT2D eigenvalue weighted by molar-refractivity contribution is -0.121. The van der Waals surface area contributed by atoms with E-state index in [-0.39, 0.29) is 5.91 Å². The number of nitrogens with zero attached hydrogens (tertiary/aromatic N) is 1. The fraction of sp³-hybridized carbons (Fsp3) is 0.300. The summed E-state index contributed by atoms with van der Waals surface area (Å²) in [7, 11) is 0. The number of hydrogen-bond donors (Lipinski definition) is 2. The van der Waals surface area contributed by atoms with Gasteiger partial charge in [-0.25, -0.2) is 4.98 Å². The van der Waals surface area contributed by atoms with Gasteiger partial charge in [-0.15, -0.1) is 0 Å². The molecule has 4 nitrogen and oxygen atoms in total. The predicted octanol–water partition coefficient (Wildman–Crippen LogP) is 4.53. The van der Waals surface area contributed by atoms with E-state index in [1.165, 1.54) is 0 Å². The number of imidazole rings is 1. The lowest BCUT2D eigenvalue weighted by Crippen LogP contribution is -2.22. The molecule has 2 N–H and O–H groups in total. The third kappa shape index (κ3) is 4.92. The van der Waals surface area contributed by atoms with Gasteiger partial charge < -0.3 is 10.3 Å². The Morgan fingerprint density at radius 2 is 2.04 bits per heavy atom. The van der Waals surface area contributed by atoms with E-state index in [4.69, 9.17) is 0 Å². The summed E-state index contributed by atoms with van der Waals surface area (Å²) in [6.07, 6.45) is 3.24. The predicted molar refractivity (Wildman–Crippen MR) is 104 cm³/mol. The topological polar surface area (TPSA) is 57.8 Å². The number of amides is 1. The SMILES string of the molecule is CCCc1nc2ccc(CCC(=O)NCc3cccc(Br)c3)cc2[nH]1. The molecule has 0 aliphatic carbocycles. The van der Waals surface area contributed by atoms with E-state index in [9.17, 15) is 4.79 Å². The highest BCUT2D eigenvalue weighted by Gasteiger charge is 2.06. The van der Waals surface area contributed by atoms with Gasteiger partial charge in [0.15, 0.2) is 0 Å². The van der Waals surface area contributed by atoms with Crippen LogP contribution in [0.4, 0.5) is 0 Å². The first-order valence-electron chi connectivity index (χ1n) is 8.62. The lowest BCUT2D eigenvalue weighted by atomic mass is 10.1. The molecule has 3 aromatic rings. The molecule has 25 heavy (non-hydrogen) atoms. The number of carbonyl (C=O) groups excluding carboxylic acids is 1. The molecule has 130 valence electrons. The van der Waals surface area contributed by atoms with Gasteiger partial charge in [-0.2, -0.15) is 0 Å². The third-order valence-electron chi connectivity index (χ3n) is 4.10. The molecule has 0 atom stereocenters. The van der Waals surface area contributed by atoms with Gasteiger partial charge in [0, 0.05) is 23.9 Å². The molecular formula is C20H22BrN3O. The van der Waals surface area contributed by atoms with Crippen LogP contribution in [0.3, 0.4) is 0 Å². The second kappa shape index (κ2) is 8.30. The van der Waals surface area contributed by atoms with E-state index >= 15 is 0 Å². The molecule has 5 heteroatoms. The van der Waals surface area contributed by atoms with E-state index in [2.05, 4.69) is 50.3 Å². The maximum absolute atomic E-state index is 12.1. The second-order valence-corrected chi connectivity index (χ2v) is 7.11. The number of aromatic amines is 1. The van der Waals surface area contributed by atoms with Crippen LogP contribution in [0.5, 0.6) is 0 Å². The Labute approximate surface area is 156 Å². The Morgan fingerprint density at radius 1 is 1.16 bits per heavy atom. The van der Waals surface area contributed by atoms with Gasteiger partial charge in [-0.1, -0.05) is 41.1 Å². The first-order valence-corrected chi connectivity index (χ1v) is 9.42. The van der Waals surface area contributed by atoms with Crippen LogP contribution < -0.4 is 5.32 Å². The largest absolute Gasteiger partial charge is 0.352 e. The highest BCUT2D eigenvalue weighted by Crippen LogP contribution is 2.16. The molecular weight excluding hydrogens is 378 g/mol. The summed E-state index contributed by atoms with van der Waals surface area (Å²) in [6.45, 7) is 2.70. The quantitative estimate of drug-likeness (QED) is 0.613. The number of halogens is 1. The van der Waals surface area contributed by atoms with Gasteiger partial charge in [-0.05, 0) is 48.2 Å². The second-order valence-electron chi connectivity index (χ2n) is 6.19. The monoisotopic (exact) mass is 399 g/mol. The Bertz CT molecular complexity index is 872. The minimum Gasteiger partial charge on any atom is -0.352 e. The number of benzene rings is 2. The highest BCUT2D eigenvalue weighted by molar-refractivity contribution is 9.10. The van der Waals surface area contributed by atoms with Crippen molar-refractivity contribution in [3.05, 3.63) is 63.9 Å². The van der Waals surface area contributed by atoms with Crippen LogP contribution in [0, 0.1) is 0 Å². The molecule has 0 bridgehead atoms. The standard InChI is InChI=1S/C20H22BrN3O/c1-2-4-19-23-17-9-7-14(12-18(17)24-19)8-10-20(25)22-13-15-5-3-6-16(21)11-15/h3,5-7,9,11-12H,2,4,8,10,13H2,1H3,(H,22,25)(H,23,24). The maximum atomic E-state index is 12.1. The smallest absolute Gasteiger partial charge is 0.220 e. The number of fused-ring (bicyclic) bond motifs is 1. The summed E-state index contributed by atoms with van der Waals surface area (Å²) in [4.78, 5) is 20.0. The highest BCUT2D eigenvalue weighted by atomic mass is 79.9. The number of hydrogen-bond acceptors (Lipinski definition) is 2. The van der Waals surface area contributed by atoms with E-state index in [1.807, 2.05) is 30.3 Å². The third-order valence-corrected chi connectivity index (χ3v) is 4.59. The van der Waals surface area contributed by atoms with Crippen molar-refractivity contribution >= 4 is 32.9 Å². The van der Waals surface area contributed by atoms with Gasteiger partial charge in [0.2, 0.25) is 5.91 Å². The van der Waals surface area contributed by atoms with Crippen molar-refractivity contribution in [2.24, 2.45) is 0 Å².